The van der Waals surface area contributed by atoms with Crippen molar-refractivity contribution in [2.24, 2.45) is 5.92 Å². The lowest BCUT2D eigenvalue weighted by Crippen LogP contribution is -2.45. The fraction of sp³-hybridized carbons (Fsp3) is 0.520. The van der Waals surface area contributed by atoms with Crippen LogP contribution >= 0.6 is 0 Å². The normalized spacial score (nSPS) is 20.4. The second-order valence-electron chi connectivity index (χ2n) is 8.95. The highest BCUT2D eigenvalue weighted by Crippen LogP contribution is 2.30. The number of amides is 1. The van der Waals surface area contributed by atoms with Crippen molar-refractivity contribution in [2.45, 2.75) is 39.2 Å². The van der Waals surface area contributed by atoms with E-state index in [1.807, 2.05) is 55.3 Å². The van der Waals surface area contributed by atoms with E-state index < -0.39 is 0 Å². The Labute approximate surface area is 185 Å². The summed E-state index contributed by atoms with van der Waals surface area (Å²) in [4.78, 5) is 24.8. The molecule has 1 amide bonds. The first-order chi connectivity index (χ1) is 15.0. The molecule has 0 aliphatic carbocycles. The van der Waals surface area contributed by atoms with Gasteiger partial charge in [-0.25, -0.2) is 0 Å². The second-order valence-corrected chi connectivity index (χ2v) is 8.95. The number of hydrogen-bond donors (Lipinski definition) is 0. The Kier molecular flexibility index (Phi) is 6.76. The largest absolute Gasteiger partial charge is 0.491 e. The summed E-state index contributed by atoms with van der Waals surface area (Å²) < 4.78 is 5.74. The highest BCUT2D eigenvalue weighted by Gasteiger charge is 2.31. The van der Waals surface area contributed by atoms with E-state index >= 15 is 0 Å². The number of likely N-dealkylation sites (N-methyl/N-ethyl adjacent to an activating group) is 1. The number of pyridine rings is 1. The van der Waals surface area contributed by atoms with Gasteiger partial charge in [-0.05, 0) is 70.1 Å². The predicted molar refractivity (Wildman–Crippen MR) is 125 cm³/mol. The van der Waals surface area contributed by atoms with Crippen molar-refractivity contribution >= 4 is 17.3 Å². The summed E-state index contributed by atoms with van der Waals surface area (Å²) in [6, 6.07) is 12.1. The Balaban J connectivity index is 1.47. The number of anilines is 2. The van der Waals surface area contributed by atoms with Crippen LogP contribution in [0.25, 0.3) is 0 Å². The molecule has 3 heterocycles. The SMILES string of the molecule is CC(C)Oc1ccc(N2CCCC(Cc3ncccc3N3CCN(C)CC3)C2=O)cc1. The van der Waals surface area contributed by atoms with Crippen LogP contribution in [0.2, 0.25) is 0 Å². The van der Waals surface area contributed by atoms with Gasteiger partial charge in [-0.1, -0.05) is 0 Å². The van der Waals surface area contributed by atoms with Gasteiger partial charge in [0.15, 0.2) is 0 Å². The van der Waals surface area contributed by atoms with Gasteiger partial charge < -0.3 is 19.4 Å². The number of aromatic nitrogens is 1. The third-order valence-electron chi connectivity index (χ3n) is 6.22. The lowest BCUT2D eigenvalue weighted by Gasteiger charge is -2.36. The first-order valence-corrected chi connectivity index (χ1v) is 11.5. The van der Waals surface area contributed by atoms with Crippen LogP contribution in [0.4, 0.5) is 11.4 Å². The summed E-state index contributed by atoms with van der Waals surface area (Å²) in [6.07, 6.45) is 4.62. The Hall–Kier alpha value is -2.60. The average molecular weight is 423 g/mol. The summed E-state index contributed by atoms with van der Waals surface area (Å²) in [5.41, 5.74) is 3.19. The molecular weight excluding hydrogens is 388 g/mol. The zero-order chi connectivity index (χ0) is 21.8. The number of ether oxygens (including phenoxy) is 1. The standard InChI is InChI=1S/C25H34N4O2/c1-19(2)31-22-10-8-21(9-11-22)29-13-5-6-20(25(29)30)18-23-24(7-4-12-26-23)28-16-14-27(3)15-17-28/h4,7-12,19-20H,5-6,13-18H2,1-3H3. The first kappa shape index (κ1) is 21.6. The third-order valence-corrected chi connectivity index (χ3v) is 6.22. The minimum Gasteiger partial charge on any atom is -0.491 e. The van der Waals surface area contributed by atoms with Gasteiger partial charge in [0.05, 0.1) is 17.5 Å². The summed E-state index contributed by atoms with van der Waals surface area (Å²) in [5, 5.41) is 0. The molecule has 6 nitrogen and oxygen atoms in total. The van der Waals surface area contributed by atoms with Crippen LogP contribution in [0, 0.1) is 5.92 Å². The molecule has 2 aromatic rings. The molecule has 2 fully saturated rings. The minimum absolute atomic E-state index is 0.0264. The molecule has 31 heavy (non-hydrogen) atoms. The van der Waals surface area contributed by atoms with Crippen LogP contribution in [-0.2, 0) is 11.2 Å². The number of benzene rings is 1. The molecule has 1 atom stereocenters. The first-order valence-electron chi connectivity index (χ1n) is 11.5. The Morgan fingerprint density at radius 1 is 1.06 bits per heavy atom. The minimum atomic E-state index is -0.0264. The van der Waals surface area contributed by atoms with E-state index in [-0.39, 0.29) is 17.9 Å². The average Bonchev–Trinajstić information content (AvgIpc) is 2.77. The highest BCUT2D eigenvalue weighted by molar-refractivity contribution is 5.96. The fourth-order valence-corrected chi connectivity index (χ4v) is 4.53. The van der Waals surface area contributed by atoms with Crippen LogP contribution in [-0.4, -0.2) is 61.7 Å². The lowest BCUT2D eigenvalue weighted by molar-refractivity contribution is -0.123. The Morgan fingerprint density at radius 2 is 1.81 bits per heavy atom. The van der Waals surface area contributed by atoms with Crippen molar-refractivity contribution in [3.05, 3.63) is 48.3 Å². The molecule has 0 saturated carbocycles. The Morgan fingerprint density at radius 3 is 2.52 bits per heavy atom. The molecule has 4 rings (SSSR count). The maximum absolute atomic E-state index is 13.4. The van der Waals surface area contributed by atoms with Gasteiger partial charge in [0.1, 0.15) is 5.75 Å². The van der Waals surface area contributed by atoms with Crippen molar-refractivity contribution in [3.8, 4) is 5.75 Å². The van der Waals surface area contributed by atoms with Gasteiger partial charge in [0.25, 0.3) is 0 Å². The summed E-state index contributed by atoms with van der Waals surface area (Å²) in [6.45, 7) is 8.92. The van der Waals surface area contributed by atoms with Crippen LogP contribution in [0.1, 0.15) is 32.4 Å². The van der Waals surface area contributed by atoms with Crippen molar-refractivity contribution in [1.29, 1.82) is 0 Å². The zero-order valence-corrected chi connectivity index (χ0v) is 19.0. The maximum Gasteiger partial charge on any atom is 0.230 e. The van der Waals surface area contributed by atoms with Crippen LogP contribution in [0.3, 0.4) is 0 Å². The molecular formula is C25H34N4O2. The van der Waals surface area contributed by atoms with Gasteiger partial charge in [0, 0.05) is 56.9 Å². The van der Waals surface area contributed by atoms with Crippen molar-refractivity contribution in [1.82, 2.24) is 9.88 Å². The van der Waals surface area contributed by atoms with Gasteiger partial charge in [-0.15, -0.1) is 0 Å². The quantitative estimate of drug-likeness (QED) is 0.712. The third kappa shape index (κ3) is 5.18. The molecule has 2 aliphatic heterocycles. The van der Waals surface area contributed by atoms with E-state index in [0.717, 1.165) is 62.7 Å². The number of piperazine rings is 1. The van der Waals surface area contributed by atoms with Crippen LogP contribution in [0.5, 0.6) is 5.75 Å². The lowest BCUT2D eigenvalue weighted by atomic mass is 9.91. The molecule has 166 valence electrons. The molecule has 1 aromatic heterocycles. The Bertz CT molecular complexity index is 875. The maximum atomic E-state index is 13.4. The molecule has 0 N–H and O–H groups in total. The number of rotatable bonds is 6. The zero-order valence-electron chi connectivity index (χ0n) is 19.0. The van der Waals surface area contributed by atoms with E-state index in [9.17, 15) is 4.79 Å². The molecule has 0 radical (unpaired) electrons. The van der Waals surface area contributed by atoms with Gasteiger partial charge >= 0.3 is 0 Å². The van der Waals surface area contributed by atoms with Crippen LogP contribution in [0.15, 0.2) is 42.6 Å². The topological polar surface area (TPSA) is 48.9 Å². The molecule has 6 heteroatoms. The number of hydrogen-bond acceptors (Lipinski definition) is 5. The number of piperidine rings is 1. The summed E-state index contributed by atoms with van der Waals surface area (Å²) in [7, 11) is 2.16. The monoisotopic (exact) mass is 422 g/mol. The smallest absolute Gasteiger partial charge is 0.230 e. The van der Waals surface area contributed by atoms with Gasteiger partial charge in [-0.3, -0.25) is 9.78 Å². The van der Waals surface area contributed by atoms with Gasteiger partial charge in [0.2, 0.25) is 5.91 Å². The summed E-state index contributed by atoms with van der Waals surface area (Å²) in [5.74, 6) is 1.02. The summed E-state index contributed by atoms with van der Waals surface area (Å²) >= 11 is 0. The molecule has 2 saturated heterocycles. The second kappa shape index (κ2) is 9.69. The van der Waals surface area contributed by atoms with E-state index in [1.54, 1.807) is 0 Å². The molecule has 0 bridgehead atoms. The molecule has 0 spiro atoms. The van der Waals surface area contributed by atoms with E-state index in [2.05, 4.69) is 22.9 Å². The number of nitrogens with zero attached hydrogens (tertiary/aromatic N) is 4. The molecule has 1 aromatic carbocycles. The van der Waals surface area contributed by atoms with Crippen molar-refractivity contribution in [3.63, 3.8) is 0 Å². The highest BCUT2D eigenvalue weighted by atomic mass is 16.5. The molecule has 1 unspecified atom stereocenters. The van der Waals surface area contributed by atoms with E-state index in [1.165, 1.54) is 5.69 Å². The van der Waals surface area contributed by atoms with E-state index in [4.69, 9.17) is 9.72 Å². The van der Waals surface area contributed by atoms with Crippen molar-refractivity contribution in [2.75, 3.05) is 49.6 Å². The number of carbonyl (C=O) groups is 1. The van der Waals surface area contributed by atoms with Crippen LogP contribution < -0.4 is 14.5 Å². The fourth-order valence-electron chi connectivity index (χ4n) is 4.53. The predicted octanol–water partition coefficient (Wildman–Crippen LogP) is 3.61. The number of carbonyl (C=O) groups excluding carboxylic acids is 1. The molecule has 2 aliphatic rings. The van der Waals surface area contributed by atoms with Gasteiger partial charge in [-0.2, -0.15) is 0 Å². The van der Waals surface area contributed by atoms with E-state index in [0.29, 0.717) is 6.42 Å². The van der Waals surface area contributed by atoms with Crippen molar-refractivity contribution < 1.29 is 9.53 Å².